The molecule has 1 aromatic rings. The van der Waals surface area contributed by atoms with Crippen LogP contribution >= 0.6 is 0 Å². The molecule has 8 heteroatoms. The Kier molecular flexibility index (Phi) is 4.77. The molecule has 1 aliphatic rings. The Morgan fingerprint density at radius 1 is 1.25 bits per heavy atom. The summed E-state index contributed by atoms with van der Waals surface area (Å²) in [6.45, 7) is 0.773. The number of hydrogen-bond donors (Lipinski definition) is 2. The molecule has 0 saturated heterocycles. The normalized spacial score (nSPS) is 17.2. The average molecular weight is 335 g/mol. The van der Waals surface area contributed by atoms with Crippen LogP contribution in [0.15, 0.2) is 29.5 Å². The lowest BCUT2D eigenvalue weighted by molar-refractivity contribution is -0.146. The van der Waals surface area contributed by atoms with E-state index in [4.69, 9.17) is 4.74 Å². The van der Waals surface area contributed by atoms with E-state index in [0.29, 0.717) is 5.56 Å². The maximum Gasteiger partial charge on any atom is 0.325 e. The number of nitrogens with zero attached hydrogens (tertiary/aromatic N) is 1. The summed E-state index contributed by atoms with van der Waals surface area (Å²) in [6.07, 6.45) is 0. The van der Waals surface area contributed by atoms with Gasteiger partial charge in [-0.3, -0.25) is 14.4 Å². The fraction of sp³-hybridized carbons (Fsp3) is 0.312. The molecule has 24 heavy (non-hydrogen) atoms. The van der Waals surface area contributed by atoms with Gasteiger partial charge in [0.05, 0.1) is 25.8 Å². The number of rotatable bonds is 5. The van der Waals surface area contributed by atoms with Crippen molar-refractivity contribution in [2.24, 2.45) is 0 Å². The maximum absolute atomic E-state index is 12.3. The van der Waals surface area contributed by atoms with E-state index in [9.17, 15) is 24.6 Å². The summed E-state index contributed by atoms with van der Waals surface area (Å²) >= 11 is 0. The van der Waals surface area contributed by atoms with Crippen LogP contribution in [0.4, 0.5) is 0 Å². The van der Waals surface area contributed by atoms with E-state index in [1.165, 1.54) is 39.3 Å². The molecule has 8 nitrogen and oxygen atoms in total. The molecule has 0 aliphatic carbocycles. The molecule has 0 saturated carbocycles. The number of ketones is 1. The lowest BCUT2D eigenvalue weighted by Gasteiger charge is -2.25. The van der Waals surface area contributed by atoms with Crippen LogP contribution in [0.25, 0.3) is 0 Å². The van der Waals surface area contributed by atoms with E-state index >= 15 is 0 Å². The van der Waals surface area contributed by atoms with Crippen LogP contribution in [0, 0.1) is 0 Å². The van der Waals surface area contributed by atoms with Gasteiger partial charge in [-0.15, -0.1) is 0 Å². The monoisotopic (exact) mass is 335 g/mol. The predicted octanol–water partition coefficient (Wildman–Crippen LogP) is 0.858. The number of carbonyl (C=O) groups is 3. The predicted molar refractivity (Wildman–Crippen MR) is 81.5 cm³/mol. The van der Waals surface area contributed by atoms with Gasteiger partial charge in [0.25, 0.3) is 5.91 Å². The molecule has 0 radical (unpaired) electrons. The second-order valence-electron chi connectivity index (χ2n) is 5.16. The molecular weight excluding hydrogens is 318 g/mol. The van der Waals surface area contributed by atoms with Crippen molar-refractivity contribution in [3.8, 4) is 11.5 Å². The fourth-order valence-electron chi connectivity index (χ4n) is 2.59. The van der Waals surface area contributed by atoms with Crippen LogP contribution in [-0.4, -0.2) is 53.5 Å². The summed E-state index contributed by atoms with van der Waals surface area (Å²) in [5, 5.41) is 19.7. The second kappa shape index (κ2) is 6.61. The van der Waals surface area contributed by atoms with Crippen LogP contribution in [0.1, 0.15) is 18.5 Å². The van der Waals surface area contributed by atoms with Gasteiger partial charge in [0.15, 0.2) is 23.0 Å². The van der Waals surface area contributed by atoms with Gasteiger partial charge in [0.1, 0.15) is 6.54 Å². The molecule has 1 heterocycles. The fourth-order valence-corrected chi connectivity index (χ4v) is 2.59. The third-order valence-electron chi connectivity index (χ3n) is 3.73. The number of hydrogen-bond acceptors (Lipinski definition) is 7. The van der Waals surface area contributed by atoms with Gasteiger partial charge in [-0.2, -0.15) is 0 Å². The van der Waals surface area contributed by atoms with Gasteiger partial charge in [0.2, 0.25) is 0 Å². The molecule has 1 aliphatic heterocycles. The summed E-state index contributed by atoms with van der Waals surface area (Å²) in [6, 6.07) is 3.26. The zero-order chi connectivity index (χ0) is 18.0. The molecule has 0 aromatic heterocycles. The summed E-state index contributed by atoms with van der Waals surface area (Å²) in [7, 11) is 2.52. The molecule has 1 atom stereocenters. The molecular formula is C16H17NO7. The van der Waals surface area contributed by atoms with Crippen molar-refractivity contribution in [1.82, 2.24) is 4.90 Å². The van der Waals surface area contributed by atoms with Crippen molar-refractivity contribution in [1.29, 1.82) is 0 Å². The van der Waals surface area contributed by atoms with Crippen molar-refractivity contribution < 1.29 is 34.1 Å². The van der Waals surface area contributed by atoms with Crippen LogP contribution in [0.5, 0.6) is 11.5 Å². The lowest BCUT2D eigenvalue weighted by atomic mass is 9.96. The molecule has 1 aromatic carbocycles. The smallest absolute Gasteiger partial charge is 0.325 e. The lowest BCUT2D eigenvalue weighted by Crippen LogP contribution is -2.36. The molecule has 0 bridgehead atoms. The molecule has 0 spiro atoms. The Morgan fingerprint density at radius 3 is 2.46 bits per heavy atom. The number of aromatic hydroxyl groups is 1. The number of Topliss-reactive ketones (excluding diaryl/α,β-unsaturated/α-hetero) is 1. The highest BCUT2D eigenvalue weighted by Crippen LogP contribution is 2.40. The minimum Gasteiger partial charge on any atom is -0.504 e. The minimum absolute atomic E-state index is 0.123. The molecule has 2 rings (SSSR count). The summed E-state index contributed by atoms with van der Waals surface area (Å²) in [5.74, 6) is -2.75. The summed E-state index contributed by atoms with van der Waals surface area (Å²) in [4.78, 5) is 36.8. The molecule has 128 valence electrons. The number of amides is 1. The first-order valence-corrected chi connectivity index (χ1v) is 7.00. The third kappa shape index (κ3) is 2.90. The number of carbonyl (C=O) groups excluding carboxylic acids is 3. The zero-order valence-corrected chi connectivity index (χ0v) is 13.4. The quantitative estimate of drug-likeness (QED) is 0.767. The van der Waals surface area contributed by atoms with E-state index < -0.39 is 36.0 Å². The van der Waals surface area contributed by atoms with Gasteiger partial charge in [-0.1, -0.05) is 6.07 Å². The van der Waals surface area contributed by atoms with Gasteiger partial charge < -0.3 is 24.6 Å². The van der Waals surface area contributed by atoms with Crippen molar-refractivity contribution in [3.05, 3.63) is 35.1 Å². The molecule has 2 N–H and O–H groups in total. The highest BCUT2D eigenvalue weighted by atomic mass is 16.5. The molecule has 0 fully saturated rings. The number of ether oxygens (including phenoxy) is 2. The van der Waals surface area contributed by atoms with E-state index in [0.717, 1.165) is 4.90 Å². The Labute approximate surface area is 137 Å². The maximum atomic E-state index is 12.3. The van der Waals surface area contributed by atoms with Crippen molar-refractivity contribution >= 4 is 17.7 Å². The van der Waals surface area contributed by atoms with Gasteiger partial charge >= 0.3 is 5.97 Å². The number of esters is 1. The van der Waals surface area contributed by atoms with Crippen LogP contribution in [-0.2, 0) is 19.1 Å². The number of methoxy groups -OCH3 is 2. The first-order chi connectivity index (χ1) is 11.3. The van der Waals surface area contributed by atoms with Crippen molar-refractivity contribution in [3.63, 3.8) is 0 Å². The van der Waals surface area contributed by atoms with Crippen LogP contribution in [0.2, 0.25) is 0 Å². The van der Waals surface area contributed by atoms with Gasteiger partial charge in [0, 0.05) is 0 Å². The van der Waals surface area contributed by atoms with Gasteiger partial charge in [-0.05, 0) is 24.6 Å². The number of phenols is 1. The first kappa shape index (κ1) is 17.3. The van der Waals surface area contributed by atoms with Crippen molar-refractivity contribution in [2.75, 3.05) is 20.8 Å². The van der Waals surface area contributed by atoms with Crippen LogP contribution < -0.4 is 4.74 Å². The standard InChI is InChI=1S/C16H17NO7/c1-8(18)13-14(9-4-5-10(19)11(6-9)23-2)17(7-12(20)24-3)16(22)15(13)21/h4-6,14,19,21H,7H2,1-3H3. The number of aliphatic hydroxyl groups is 1. The highest BCUT2D eigenvalue weighted by Gasteiger charge is 2.43. The molecule has 1 unspecified atom stereocenters. The topological polar surface area (TPSA) is 113 Å². The summed E-state index contributed by atoms with van der Waals surface area (Å²) in [5.41, 5.74) is 0.271. The van der Waals surface area contributed by atoms with Gasteiger partial charge in [-0.25, -0.2) is 0 Å². The zero-order valence-electron chi connectivity index (χ0n) is 13.4. The third-order valence-corrected chi connectivity index (χ3v) is 3.73. The minimum atomic E-state index is -0.983. The SMILES string of the molecule is COC(=O)CN1C(=O)C(O)=C(C(C)=O)C1c1ccc(O)c(OC)c1. The van der Waals surface area contributed by atoms with Crippen molar-refractivity contribution in [2.45, 2.75) is 13.0 Å². The Morgan fingerprint density at radius 2 is 1.92 bits per heavy atom. The number of phenolic OH excluding ortho intramolecular Hbond substituents is 1. The van der Waals surface area contributed by atoms with E-state index in [1.54, 1.807) is 0 Å². The largest absolute Gasteiger partial charge is 0.504 e. The Balaban J connectivity index is 2.56. The van der Waals surface area contributed by atoms with E-state index in [-0.39, 0.29) is 17.1 Å². The second-order valence-corrected chi connectivity index (χ2v) is 5.16. The summed E-state index contributed by atoms with van der Waals surface area (Å²) < 4.78 is 9.58. The highest BCUT2D eigenvalue weighted by molar-refractivity contribution is 6.08. The average Bonchev–Trinajstić information content (AvgIpc) is 2.80. The van der Waals surface area contributed by atoms with Crippen LogP contribution in [0.3, 0.4) is 0 Å². The van der Waals surface area contributed by atoms with E-state index in [1.807, 2.05) is 0 Å². The number of benzene rings is 1. The van der Waals surface area contributed by atoms with E-state index in [2.05, 4.69) is 4.74 Å². The Hall–Kier alpha value is -3.03. The Bertz CT molecular complexity index is 738. The molecule has 1 amide bonds. The number of aliphatic hydroxyl groups excluding tert-OH is 1. The first-order valence-electron chi connectivity index (χ1n) is 7.00.